The molecule has 4 aliphatic heterocycles. The summed E-state index contributed by atoms with van der Waals surface area (Å²) in [5.74, 6) is 2.01. The summed E-state index contributed by atoms with van der Waals surface area (Å²) in [5.41, 5.74) is 2.20. The molecule has 2 saturated heterocycles. The fourth-order valence-electron chi connectivity index (χ4n) is 5.88. The number of fused-ring (bicyclic) bond motifs is 7. The van der Waals surface area contributed by atoms with Crippen LogP contribution in [0.3, 0.4) is 0 Å². The van der Waals surface area contributed by atoms with Crippen LogP contribution >= 0.6 is 0 Å². The summed E-state index contributed by atoms with van der Waals surface area (Å²) in [6, 6.07) is 6.12. The number of nitrogens with one attached hydrogen (secondary N) is 1. The molecule has 2 fully saturated rings. The summed E-state index contributed by atoms with van der Waals surface area (Å²) in [4.78, 5) is 27.0. The van der Waals surface area contributed by atoms with E-state index >= 15 is 0 Å². The van der Waals surface area contributed by atoms with Crippen LogP contribution in [0.5, 0.6) is 5.75 Å². The highest BCUT2D eigenvalue weighted by molar-refractivity contribution is 6.09. The van der Waals surface area contributed by atoms with E-state index in [0.29, 0.717) is 6.61 Å². The molecule has 4 aliphatic rings. The maximum atomic E-state index is 13.5. The van der Waals surface area contributed by atoms with Gasteiger partial charge in [0.15, 0.2) is 0 Å². The first-order valence-corrected chi connectivity index (χ1v) is 9.52. The van der Waals surface area contributed by atoms with E-state index < -0.39 is 5.41 Å². The Labute approximate surface area is 158 Å². The number of likely N-dealkylation sites (N-methyl/N-ethyl adjacent to an activating group) is 1. The molecule has 6 nitrogen and oxygen atoms in total. The minimum absolute atomic E-state index is 0.0224. The van der Waals surface area contributed by atoms with Crippen LogP contribution in [0.25, 0.3) is 0 Å². The quantitative estimate of drug-likeness (QED) is 0.806. The van der Waals surface area contributed by atoms with Crippen LogP contribution in [0.4, 0.5) is 5.69 Å². The molecule has 0 radical (unpaired) electrons. The van der Waals surface area contributed by atoms with Gasteiger partial charge in [0.1, 0.15) is 12.0 Å². The summed E-state index contributed by atoms with van der Waals surface area (Å²) in [7, 11) is 3.48. The minimum atomic E-state index is -0.569. The molecule has 1 aromatic carbocycles. The number of methoxy groups -OCH3 is 1. The van der Waals surface area contributed by atoms with Crippen molar-refractivity contribution in [1.29, 1.82) is 0 Å². The molecule has 5 atom stereocenters. The Morgan fingerprint density at radius 2 is 2.22 bits per heavy atom. The number of rotatable bonds is 2. The third-order valence-electron chi connectivity index (χ3n) is 7.23. The Bertz CT molecular complexity index is 879. The predicted octanol–water partition coefficient (Wildman–Crippen LogP) is 1.78. The Kier molecular flexibility index (Phi) is 3.47. The van der Waals surface area contributed by atoms with Crippen LogP contribution in [-0.4, -0.2) is 45.0 Å². The van der Waals surface area contributed by atoms with Crippen LogP contribution in [0, 0.1) is 11.8 Å². The first kappa shape index (κ1) is 16.8. The standard InChI is InChI=1S/C21H24N2O4/c1-11-14(9-24)13-7-19-21(8-17(22-19)15(13)10-27-11)16-5-4-12(26-3)6-18(16)23(2)20(21)25/h4-6,9,13,15,17,19,22H,7-8,10H2,1-3H3. The number of ether oxygens (including phenoxy) is 2. The number of hydrogen-bond acceptors (Lipinski definition) is 5. The third-order valence-corrected chi connectivity index (χ3v) is 7.23. The smallest absolute Gasteiger partial charge is 0.239 e. The first-order chi connectivity index (χ1) is 13.0. The van der Waals surface area contributed by atoms with Crippen LogP contribution < -0.4 is 15.0 Å². The lowest BCUT2D eigenvalue weighted by atomic mass is 9.72. The van der Waals surface area contributed by atoms with Crippen molar-refractivity contribution in [2.75, 3.05) is 25.7 Å². The largest absolute Gasteiger partial charge is 0.497 e. The number of anilines is 1. The topological polar surface area (TPSA) is 67.9 Å². The van der Waals surface area contributed by atoms with E-state index in [9.17, 15) is 9.59 Å². The van der Waals surface area contributed by atoms with Gasteiger partial charge in [0.05, 0.1) is 30.6 Å². The number of carbonyl (C=O) groups excluding carboxylic acids is 2. The minimum Gasteiger partial charge on any atom is -0.497 e. The number of benzene rings is 1. The Hall–Kier alpha value is -2.34. The number of nitrogens with zero attached hydrogens (tertiary/aromatic N) is 1. The lowest BCUT2D eigenvalue weighted by Gasteiger charge is -2.41. The SMILES string of the molecule is COc1ccc2c(c1)N(C)C(=O)C21CC2NC1CC1C(C=O)=C(C)OCC21. The van der Waals surface area contributed by atoms with Gasteiger partial charge in [-0.1, -0.05) is 6.07 Å². The number of hydrogen-bond donors (Lipinski definition) is 1. The molecule has 142 valence electrons. The molecular formula is C21H24N2O4. The number of piperidine rings is 1. The summed E-state index contributed by atoms with van der Waals surface area (Å²) < 4.78 is 11.2. The zero-order valence-electron chi connectivity index (χ0n) is 15.8. The Morgan fingerprint density at radius 3 is 2.96 bits per heavy atom. The predicted molar refractivity (Wildman–Crippen MR) is 99.7 cm³/mol. The van der Waals surface area contributed by atoms with E-state index in [1.54, 1.807) is 12.0 Å². The van der Waals surface area contributed by atoms with Crippen LogP contribution in [0.15, 0.2) is 29.5 Å². The van der Waals surface area contributed by atoms with Crippen molar-refractivity contribution >= 4 is 17.9 Å². The average molecular weight is 368 g/mol. The highest BCUT2D eigenvalue weighted by Gasteiger charge is 2.64. The van der Waals surface area contributed by atoms with Gasteiger partial charge in [-0.3, -0.25) is 9.59 Å². The van der Waals surface area contributed by atoms with Gasteiger partial charge >= 0.3 is 0 Å². The molecule has 5 rings (SSSR count). The average Bonchev–Trinajstić information content (AvgIpc) is 3.10. The maximum absolute atomic E-state index is 13.5. The van der Waals surface area contributed by atoms with E-state index in [1.165, 1.54) is 0 Å². The zero-order chi connectivity index (χ0) is 18.9. The molecule has 5 unspecified atom stereocenters. The normalized spacial score (nSPS) is 36.6. The van der Waals surface area contributed by atoms with Crippen LogP contribution in [0.2, 0.25) is 0 Å². The highest BCUT2D eigenvalue weighted by atomic mass is 16.5. The van der Waals surface area contributed by atoms with Crippen molar-refractivity contribution in [1.82, 2.24) is 5.32 Å². The highest BCUT2D eigenvalue weighted by Crippen LogP contribution is 2.56. The van der Waals surface area contributed by atoms with Gasteiger partial charge < -0.3 is 19.7 Å². The second kappa shape index (κ2) is 5.58. The summed E-state index contributed by atoms with van der Waals surface area (Å²) >= 11 is 0. The summed E-state index contributed by atoms with van der Waals surface area (Å²) in [6.07, 6.45) is 2.47. The zero-order valence-corrected chi connectivity index (χ0v) is 15.8. The van der Waals surface area contributed by atoms with Crippen molar-refractivity contribution < 1.29 is 19.1 Å². The second-order valence-electron chi connectivity index (χ2n) is 8.19. The van der Waals surface area contributed by atoms with Gasteiger partial charge in [0.2, 0.25) is 5.91 Å². The molecule has 0 aromatic heterocycles. The molecule has 1 N–H and O–H groups in total. The first-order valence-electron chi connectivity index (χ1n) is 9.52. The Morgan fingerprint density at radius 1 is 1.41 bits per heavy atom. The van der Waals surface area contributed by atoms with Gasteiger partial charge in [-0.05, 0) is 37.3 Å². The van der Waals surface area contributed by atoms with Crippen LogP contribution in [0.1, 0.15) is 25.3 Å². The molecule has 27 heavy (non-hydrogen) atoms. The van der Waals surface area contributed by atoms with Gasteiger partial charge in [0, 0.05) is 36.7 Å². The summed E-state index contributed by atoms with van der Waals surface area (Å²) in [6.45, 7) is 2.48. The van der Waals surface area contributed by atoms with Gasteiger partial charge in [-0.25, -0.2) is 0 Å². The number of amides is 1. The van der Waals surface area contributed by atoms with Crippen LogP contribution in [-0.2, 0) is 19.7 Å². The van der Waals surface area contributed by atoms with E-state index in [4.69, 9.17) is 9.47 Å². The van der Waals surface area contributed by atoms with Gasteiger partial charge in [-0.15, -0.1) is 0 Å². The lowest BCUT2D eigenvalue weighted by molar-refractivity contribution is -0.123. The summed E-state index contributed by atoms with van der Waals surface area (Å²) in [5, 5.41) is 3.70. The Balaban J connectivity index is 1.61. The number of allylic oxidation sites excluding steroid dienone is 2. The maximum Gasteiger partial charge on any atom is 0.239 e. The molecule has 1 spiro atoms. The van der Waals surface area contributed by atoms with Crippen molar-refractivity contribution in [3.63, 3.8) is 0 Å². The van der Waals surface area contributed by atoms with E-state index in [0.717, 1.165) is 47.5 Å². The third kappa shape index (κ3) is 1.99. The van der Waals surface area contributed by atoms with Gasteiger partial charge in [-0.2, -0.15) is 0 Å². The van der Waals surface area contributed by atoms with Crippen molar-refractivity contribution in [3.8, 4) is 5.75 Å². The van der Waals surface area contributed by atoms with E-state index in [-0.39, 0.29) is 29.8 Å². The molecular weight excluding hydrogens is 344 g/mol. The molecule has 1 amide bonds. The van der Waals surface area contributed by atoms with Crippen molar-refractivity contribution in [3.05, 3.63) is 35.1 Å². The fraction of sp³-hybridized carbons (Fsp3) is 0.524. The molecule has 2 bridgehead atoms. The molecule has 0 saturated carbocycles. The van der Waals surface area contributed by atoms with Gasteiger partial charge in [0.25, 0.3) is 0 Å². The van der Waals surface area contributed by atoms with E-state index in [1.807, 2.05) is 32.2 Å². The molecule has 4 heterocycles. The molecule has 0 aliphatic carbocycles. The molecule has 1 aromatic rings. The lowest BCUT2D eigenvalue weighted by Crippen LogP contribution is -2.53. The number of carbonyl (C=O) groups is 2. The van der Waals surface area contributed by atoms with E-state index in [2.05, 4.69) is 5.32 Å². The number of aldehydes is 1. The van der Waals surface area contributed by atoms with Crippen molar-refractivity contribution in [2.24, 2.45) is 11.8 Å². The van der Waals surface area contributed by atoms with Crippen molar-refractivity contribution in [2.45, 2.75) is 37.3 Å². The molecule has 6 heteroatoms. The monoisotopic (exact) mass is 368 g/mol. The fourth-order valence-corrected chi connectivity index (χ4v) is 5.88. The second-order valence-corrected chi connectivity index (χ2v) is 8.19.